The van der Waals surface area contributed by atoms with E-state index in [-0.39, 0.29) is 23.5 Å². The third kappa shape index (κ3) is 5.56. The van der Waals surface area contributed by atoms with E-state index >= 15 is 0 Å². The zero-order valence-corrected chi connectivity index (χ0v) is 13.8. The first kappa shape index (κ1) is 19.7. The maximum Gasteiger partial charge on any atom is 0.152 e. The molecule has 4 nitrogen and oxygen atoms in total. The van der Waals surface area contributed by atoms with E-state index in [1.165, 1.54) is 0 Å². The number of nitrogens with one attached hydrogen (secondary N) is 1. The Bertz CT molecular complexity index is 371. The number of carbonyl (C=O) groups excluding carboxylic acids is 2. The zero-order chi connectivity index (χ0) is 16.3. The van der Waals surface area contributed by atoms with Gasteiger partial charge in [-0.2, -0.15) is 0 Å². The fourth-order valence-corrected chi connectivity index (χ4v) is 2.72. The lowest BCUT2D eigenvalue weighted by atomic mass is 9.72. The summed E-state index contributed by atoms with van der Waals surface area (Å²) in [7, 11) is 0. The van der Waals surface area contributed by atoms with Gasteiger partial charge in [0.1, 0.15) is 6.29 Å². The van der Waals surface area contributed by atoms with Crippen LogP contribution in [-0.2, 0) is 9.59 Å². The van der Waals surface area contributed by atoms with Crippen LogP contribution in [0, 0.1) is 11.3 Å². The van der Waals surface area contributed by atoms with E-state index in [2.05, 4.69) is 19.3 Å². The number of rotatable bonds is 11. The highest BCUT2D eigenvalue weighted by atomic mass is 16.1. The number of allylic oxidation sites excluding steroid dienone is 3. The van der Waals surface area contributed by atoms with Crippen molar-refractivity contribution in [2.24, 2.45) is 17.2 Å². The first-order chi connectivity index (χ1) is 10.0. The average molecular weight is 294 g/mol. The maximum atomic E-state index is 12.6. The lowest BCUT2D eigenvalue weighted by Crippen LogP contribution is -2.52. The van der Waals surface area contributed by atoms with Gasteiger partial charge in [0.05, 0.1) is 6.04 Å². The summed E-state index contributed by atoms with van der Waals surface area (Å²) in [6.07, 6.45) is 11.2. The molecule has 0 radical (unpaired) electrons. The molecule has 0 aromatic carbocycles. The maximum absolute atomic E-state index is 12.6. The molecule has 0 saturated carbocycles. The van der Waals surface area contributed by atoms with Crippen molar-refractivity contribution in [3.8, 4) is 0 Å². The lowest BCUT2D eigenvalue weighted by Gasteiger charge is -2.36. The van der Waals surface area contributed by atoms with Crippen molar-refractivity contribution in [1.29, 1.82) is 0 Å². The molecule has 0 spiro atoms. The van der Waals surface area contributed by atoms with Crippen molar-refractivity contribution in [3.05, 3.63) is 24.3 Å². The summed E-state index contributed by atoms with van der Waals surface area (Å²) in [5.74, 6) is 5.26. The number of ketones is 1. The number of hydrazine groups is 1. The summed E-state index contributed by atoms with van der Waals surface area (Å²) < 4.78 is 0. The van der Waals surface area contributed by atoms with Gasteiger partial charge in [0, 0.05) is 17.8 Å². The Morgan fingerprint density at radius 2 is 1.90 bits per heavy atom. The van der Waals surface area contributed by atoms with Gasteiger partial charge in [0.2, 0.25) is 0 Å². The third-order valence-electron chi connectivity index (χ3n) is 4.11. The minimum atomic E-state index is -0.471. The molecular formula is C17H30N2O2. The molecule has 21 heavy (non-hydrogen) atoms. The molecule has 0 saturated heterocycles. The van der Waals surface area contributed by atoms with Crippen LogP contribution in [0.25, 0.3) is 0 Å². The van der Waals surface area contributed by atoms with E-state index in [9.17, 15) is 9.59 Å². The number of hydrogen-bond acceptors (Lipinski definition) is 4. The highest BCUT2D eigenvalue weighted by molar-refractivity contribution is 5.87. The molecule has 0 bridgehead atoms. The average Bonchev–Trinajstić information content (AvgIpc) is 2.50. The molecule has 0 aliphatic heterocycles. The number of Topliss-reactive ketones (excluding diaryl/α,β-unsaturated/α-hetero) is 1. The van der Waals surface area contributed by atoms with Gasteiger partial charge in [-0.25, -0.2) is 5.43 Å². The van der Waals surface area contributed by atoms with E-state index in [1.807, 2.05) is 32.1 Å². The number of aldehydes is 1. The molecule has 0 fully saturated rings. The van der Waals surface area contributed by atoms with Crippen LogP contribution in [-0.4, -0.2) is 18.1 Å². The lowest BCUT2D eigenvalue weighted by molar-refractivity contribution is -0.126. The van der Waals surface area contributed by atoms with Crippen molar-refractivity contribution in [2.45, 2.75) is 59.4 Å². The predicted molar refractivity (Wildman–Crippen MR) is 87.5 cm³/mol. The molecule has 4 heteroatoms. The van der Waals surface area contributed by atoms with Gasteiger partial charge in [0.25, 0.3) is 0 Å². The summed E-state index contributed by atoms with van der Waals surface area (Å²) in [6.45, 7) is 8.04. The van der Waals surface area contributed by atoms with E-state index in [4.69, 9.17) is 5.84 Å². The molecule has 3 N–H and O–H groups in total. The summed E-state index contributed by atoms with van der Waals surface area (Å²) in [6, 6.07) is -0.471. The van der Waals surface area contributed by atoms with E-state index < -0.39 is 6.04 Å². The Labute approximate surface area is 128 Å². The van der Waals surface area contributed by atoms with Crippen molar-refractivity contribution in [3.63, 3.8) is 0 Å². The van der Waals surface area contributed by atoms with Crippen LogP contribution in [0.5, 0.6) is 0 Å². The minimum Gasteiger partial charge on any atom is -0.303 e. The van der Waals surface area contributed by atoms with Crippen LogP contribution in [0.4, 0.5) is 0 Å². The van der Waals surface area contributed by atoms with Crippen molar-refractivity contribution >= 4 is 12.1 Å². The van der Waals surface area contributed by atoms with Crippen LogP contribution in [0.3, 0.4) is 0 Å². The third-order valence-corrected chi connectivity index (χ3v) is 4.11. The monoisotopic (exact) mass is 294 g/mol. The van der Waals surface area contributed by atoms with Crippen LogP contribution >= 0.6 is 0 Å². The summed E-state index contributed by atoms with van der Waals surface area (Å²) >= 11 is 0. The predicted octanol–water partition coefficient (Wildman–Crippen LogP) is 2.94. The second kappa shape index (κ2) is 10.5. The Kier molecular flexibility index (Phi) is 9.84. The molecule has 0 amide bonds. The number of hydrogen-bond donors (Lipinski definition) is 2. The molecule has 0 heterocycles. The van der Waals surface area contributed by atoms with E-state index in [0.717, 1.165) is 25.5 Å². The molecule has 0 rings (SSSR count). The van der Waals surface area contributed by atoms with Crippen LogP contribution in [0.1, 0.15) is 53.4 Å². The largest absolute Gasteiger partial charge is 0.303 e. The van der Waals surface area contributed by atoms with E-state index in [0.29, 0.717) is 0 Å². The Hall–Kier alpha value is -1.26. The van der Waals surface area contributed by atoms with Crippen LogP contribution in [0.2, 0.25) is 0 Å². The minimum absolute atomic E-state index is 0.0165. The Morgan fingerprint density at radius 1 is 1.29 bits per heavy atom. The molecule has 120 valence electrons. The van der Waals surface area contributed by atoms with Gasteiger partial charge in [-0.1, -0.05) is 45.1 Å². The smallest absolute Gasteiger partial charge is 0.152 e. The molecular weight excluding hydrogens is 264 g/mol. The van der Waals surface area contributed by atoms with Gasteiger partial charge in [-0.05, 0) is 26.2 Å². The highest BCUT2D eigenvalue weighted by Crippen LogP contribution is 2.33. The Balaban J connectivity index is 5.19. The van der Waals surface area contributed by atoms with Gasteiger partial charge in [-0.3, -0.25) is 10.6 Å². The Morgan fingerprint density at radius 3 is 2.29 bits per heavy atom. The SMILES string of the molecule is C/C=C\C(CC)(CC)[C@H](NN)C(=O)CC(C=O)/C=C\CC. The van der Waals surface area contributed by atoms with Crippen molar-refractivity contribution in [1.82, 2.24) is 5.43 Å². The van der Waals surface area contributed by atoms with Gasteiger partial charge in [-0.15, -0.1) is 0 Å². The van der Waals surface area contributed by atoms with Crippen LogP contribution < -0.4 is 11.3 Å². The van der Waals surface area contributed by atoms with Gasteiger partial charge >= 0.3 is 0 Å². The second-order valence-corrected chi connectivity index (χ2v) is 5.35. The molecule has 1 unspecified atom stereocenters. The normalized spacial score (nSPS) is 15.5. The topological polar surface area (TPSA) is 72.2 Å². The van der Waals surface area contributed by atoms with Crippen molar-refractivity contribution in [2.75, 3.05) is 0 Å². The molecule has 2 atom stereocenters. The summed E-state index contributed by atoms with van der Waals surface area (Å²) in [5.41, 5.74) is 2.37. The molecule has 0 aromatic heterocycles. The van der Waals surface area contributed by atoms with Crippen LogP contribution in [0.15, 0.2) is 24.3 Å². The molecule has 0 aromatic rings. The van der Waals surface area contributed by atoms with Gasteiger partial charge in [0.15, 0.2) is 5.78 Å². The molecule has 0 aliphatic rings. The van der Waals surface area contributed by atoms with Gasteiger partial charge < -0.3 is 4.79 Å². The fourth-order valence-electron chi connectivity index (χ4n) is 2.72. The molecule has 0 aliphatic carbocycles. The summed E-state index contributed by atoms with van der Waals surface area (Å²) in [5, 5.41) is 0. The standard InChI is InChI=1S/C17H30N2O2/c1-5-9-10-14(13-20)12-15(21)16(19-18)17(7-3,8-4)11-6-2/h6,9-11,13-14,16,19H,5,7-8,12,18H2,1-4H3/b10-9-,11-6-/t14?,16-/m1/s1. The highest BCUT2D eigenvalue weighted by Gasteiger charge is 2.37. The zero-order valence-electron chi connectivity index (χ0n) is 13.8. The summed E-state index contributed by atoms with van der Waals surface area (Å²) in [4.78, 5) is 23.7. The quantitative estimate of drug-likeness (QED) is 0.266. The van der Waals surface area contributed by atoms with Crippen molar-refractivity contribution < 1.29 is 9.59 Å². The number of nitrogens with two attached hydrogens (primary N) is 1. The second-order valence-electron chi connectivity index (χ2n) is 5.35. The van der Waals surface area contributed by atoms with E-state index in [1.54, 1.807) is 6.08 Å². The first-order valence-electron chi connectivity index (χ1n) is 7.79. The fraction of sp³-hybridized carbons (Fsp3) is 0.647. The first-order valence-corrected chi connectivity index (χ1v) is 7.79. The number of carbonyl (C=O) groups is 2.